The third-order valence-electron chi connectivity index (χ3n) is 3.54. The second-order valence-corrected chi connectivity index (χ2v) is 5.26. The molecule has 1 unspecified atom stereocenters. The molecule has 0 saturated carbocycles. The van der Waals surface area contributed by atoms with Crippen LogP contribution in [0.15, 0.2) is 30.6 Å². The van der Waals surface area contributed by atoms with Crippen LogP contribution in [0.5, 0.6) is 11.5 Å². The van der Waals surface area contributed by atoms with Gasteiger partial charge in [-0.15, -0.1) is 0 Å². The number of methoxy groups -OCH3 is 2. The van der Waals surface area contributed by atoms with E-state index in [-0.39, 0.29) is 17.6 Å². The summed E-state index contributed by atoms with van der Waals surface area (Å²) in [4.78, 5) is 20.4. The molecule has 0 aliphatic carbocycles. The van der Waals surface area contributed by atoms with E-state index in [1.165, 1.54) is 12.4 Å². The Kier molecular flexibility index (Phi) is 5.95. The Morgan fingerprint density at radius 3 is 2.58 bits per heavy atom. The fourth-order valence-corrected chi connectivity index (χ4v) is 1.96. The van der Waals surface area contributed by atoms with Crippen molar-refractivity contribution >= 4 is 17.4 Å². The Bertz CT molecular complexity index is 689. The molecule has 1 aromatic carbocycles. The molecule has 1 amide bonds. The molecule has 2 aromatic rings. The third-order valence-corrected chi connectivity index (χ3v) is 3.54. The summed E-state index contributed by atoms with van der Waals surface area (Å²) in [5.41, 5.74) is 0.974. The van der Waals surface area contributed by atoms with Gasteiger partial charge in [0.25, 0.3) is 5.91 Å². The normalized spacial score (nSPS) is 11.5. The van der Waals surface area contributed by atoms with Crippen molar-refractivity contribution in [3.8, 4) is 11.5 Å². The lowest BCUT2D eigenvalue weighted by Crippen LogP contribution is -2.32. The zero-order valence-electron chi connectivity index (χ0n) is 14.3. The minimum atomic E-state index is -0.234. The second-order valence-electron chi connectivity index (χ2n) is 5.26. The summed E-state index contributed by atoms with van der Waals surface area (Å²) < 4.78 is 10.5. The number of rotatable bonds is 7. The smallest absolute Gasteiger partial charge is 0.271 e. The van der Waals surface area contributed by atoms with Gasteiger partial charge in [-0.3, -0.25) is 4.79 Å². The molecule has 1 heterocycles. The van der Waals surface area contributed by atoms with Crippen LogP contribution in [0.2, 0.25) is 0 Å². The van der Waals surface area contributed by atoms with Gasteiger partial charge in [-0.2, -0.15) is 0 Å². The number of nitrogens with zero attached hydrogens (tertiary/aromatic N) is 2. The Labute approximate surface area is 141 Å². The number of hydrogen-bond acceptors (Lipinski definition) is 6. The molecule has 0 spiro atoms. The largest absolute Gasteiger partial charge is 0.497 e. The number of carbonyl (C=O) groups is 1. The van der Waals surface area contributed by atoms with E-state index in [2.05, 4.69) is 20.6 Å². The SMILES string of the molecule is CCC(C)NC(=O)c1cnc(Nc2cc(OC)ccc2OC)cn1. The van der Waals surface area contributed by atoms with E-state index in [1.54, 1.807) is 32.4 Å². The number of nitrogens with one attached hydrogen (secondary N) is 2. The van der Waals surface area contributed by atoms with Crippen molar-refractivity contribution in [2.75, 3.05) is 19.5 Å². The molecule has 0 bridgehead atoms. The number of anilines is 2. The molecular weight excluding hydrogens is 308 g/mol. The number of aromatic nitrogens is 2. The van der Waals surface area contributed by atoms with Gasteiger partial charge < -0.3 is 20.1 Å². The number of ether oxygens (including phenoxy) is 2. The maximum Gasteiger partial charge on any atom is 0.271 e. The van der Waals surface area contributed by atoms with E-state index in [0.29, 0.717) is 23.0 Å². The van der Waals surface area contributed by atoms with Gasteiger partial charge in [0.05, 0.1) is 32.3 Å². The van der Waals surface area contributed by atoms with Crippen molar-refractivity contribution in [2.45, 2.75) is 26.3 Å². The van der Waals surface area contributed by atoms with Crippen molar-refractivity contribution in [3.05, 3.63) is 36.3 Å². The van der Waals surface area contributed by atoms with E-state index in [4.69, 9.17) is 9.47 Å². The maximum absolute atomic E-state index is 12.0. The van der Waals surface area contributed by atoms with Gasteiger partial charge in [-0.25, -0.2) is 9.97 Å². The standard InChI is InChI=1S/C17H22N4O3/c1-5-11(2)20-17(22)14-9-19-16(10-18-14)21-13-8-12(23-3)6-7-15(13)24-4/h6-11H,5H2,1-4H3,(H,19,21)(H,20,22). The zero-order valence-corrected chi connectivity index (χ0v) is 14.3. The van der Waals surface area contributed by atoms with Gasteiger partial charge in [0.15, 0.2) is 0 Å². The fraction of sp³-hybridized carbons (Fsp3) is 0.353. The van der Waals surface area contributed by atoms with Crippen molar-refractivity contribution in [2.24, 2.45) is 0 Å². The Morgan fingerprint density at radius 1 is 1.21 bits per heavy atom. The van der Waals surface area contributed by atoms with Crippen LogP contribution in [-0.4, -0.2) is 36.1 Å². The molecule has 0 aliphatic heterocycles. The summed E-state index contributed by atoms with van der Waals surface area (Å²) in [6.07, 6.45) is 3.80. The summed E-state index contributed by atoms with van der Waals surface area (Å²) in [6.45, 7) is 3.95. The summed E-state index contributed by atoms with van der Waals surface area (Å²) >= 11 is 0. The van der Waals surface area contributed by atoms with Crippen LogP contribution < -0.4 is 20.1 Å². The average molecular weight is 330 g/mol. The second kappa shape index (κ2) is 8.14. The predicted octanol–water partition coefficient (Wildman–Crippen LogP) is 2.77. The van der Waals surface area contributed by atoms with Gasteiger partial charge in [0, 0.05) is 12.1 Å². The molecule has 7 nitrogen and oxygen atoms in total. The number of benzene rings is 1. The zero-order chi connectivity index (χ0) is 17.5. The molecule has 128 valence electrons. The van der Waals surface area contributed by atoms with E-state index in [0.717, 1.165) is 6.42 Å². The molecule has 2 rings (SSSR count). The minimum Gasteiger partial charge on any atom is -0.497 e. The van der Waals surface area contributed by atoms with Crippen LogP contribution in [0, 0.1) is 0 Å². The Balaban J connectivity index is 2.13. The number of hydrogen-bond donors (Lipinski definition) is 2. The average Bonchev–Trinajstić information content (AvgIpc) is 2.62. The minimum absolute atomic E-state index is 0.0955. The van der Waals surface area contributed by atoms with E-state index in [1.807, 2.05) is 13.8 Å². The Hall–Kier alpha value is -2.83. The first-order chi connectivity index (χ1) is 11.6. The predicted molar refractivity (Wildman–Crippen MR) is 92.1 cm³/mol. The topological polar surface area (TPSA) is 85.4 Å². The first-order valence-electron chi connectivity index (χ1n) is 7.69. The van der Waals surface area contributed by atoms with Crippen LogP contribution in [0.3, 0.4) is 0 Å². The lowest BCUT2D eigenvalue weighted by atomic mass is 10.2. The highest BCUT2D eigenvalue weighted by molar-refractivity contribution is 5.92. The van der Waals surface area contributed by atoms with Crippen LogP contribution in [-0.2, 0) is 0 Å². The summed E-state index contributed by atoms with van der Waals surface area (Å²) in [5.74, 6) is 1.61. The molecule has 0 aliphatic rings. The highest BCUT2D eigenvalue weighted by Crippen LogP contribution is 2.30. The number of carbonyl (C=O) groups excluding carboxylic acids is 1. The molecule has 1 aromatic heterocycles. The first kappa shape index (κ1) is 17.5. The summed E-state index contributed by atoms with van der Waals surface area (Å²) in [7, 11) is 3.18. The summed E-state index contributed by atoms with van der Waals surface area (Å²) in [5, 5.41) is 5.96. The van der Waals surface area contributed by atoms with Crippen molar-refractivity contribution < 1.29 is 14.3 Å². The van der Waals surface area contributed by atoms with E-state index < -0.39 is 0 Å². The molecule has 0 radical (unpaired) electrons. The van der Waals surface area contributed by atoms with Crippen molar-refractivity contribution in [1.82, 2.24) is 15.3 Å². The van der Waals surface area contributed by atoms with Crippen LogP contribution in [0.1, 0.15) is 30.8 Å². The van der Waals surface area contributed by atoms with E-state index in [9.17, 15) is 4.79 Å². The lowest BCUT2D eigenvalue weighted by Gasteiger charge is -2.13. The molecule has 1 atom stereocenters. The van der Waals surface area contributed by atoms with Crippen molar-refractivity contribution in [1.29, 1.82) is 0 Å². The molecule has 0 saturated heterocycles. The maximum atomic E-state index is 12.0. The Morgan fingerprint density at radius 2 is 2.00 bits per heavy atom. The van der Waals surface area contributed by atoms with Crippen LogP contribution in [0.4, 0.5) is 11.5 Å². The molecule has 24 heavy (non-hydrogen) atoms. The fourth-order valence-electron chi connectivity index (χ4n) is 1.96. The monoisotopic (exact) mass is 330 g/mol. The van der Waals surface area contributed by atoms with Gasteiger partial charge >= 0.3 is 0 Å². The molecular formula is C17H22N4O3. The number of amides is 1. The van der Waals surface area contributed by atoms with Crippen LogP contribution in [0.25, 0.3) is 0 Å². The molecule has 0 fully saturated rings. The third kappa shape index (κ3) is 4.34. The quantitative estimate of drug-likeness (QED) is 0.812. The van der Waals surface area contributed by atoms with Gasteiger partial charge in [-0.1, -0.05) is 6.92 Å². The molecule has 2 N–H and O–H groups in total. The van der Waals surface area contributed by atoms with Crippen LogP contribution >= 0.6 is 0 Å². The lowest BCUT2D eigenvalue weighted by molar-refractivity contribution is 0.0934. The summed E-state index contributed by atoms with van der Waals surface area (Å²) in [6, 6.07) is 5.49. The highest BCUT2D eigenvalue weighted by atomic mass is 16.5. The first-order valence-corrected chi connectivity index (χ1v) is 7.69. The van der Waals surface area contributed by atoms with Gasteiger partial charge in [-0.05, 0) is 25.5 Å². The van der Waals surface area contributed by atoms with Gasteiger partial charge in [0.1, 0.15) is 23.0 Å². The highest BCUT2D eigenvalue weighted by Gasteiger charge is 2.11. The van der Waals surface area contributed by atoms with Crippen molar-refractivity contribution in [3.63, 3.8) is 0 Å². The molecule has 7 heteroatoms. The van der Waals surface area contributed by atoms with Gasteiger partial charge in [0.2, 0.25) is 0 Å². The van der Waals surface area contributed by atoms with E-state index >= 15 is 0 Å².